The minimum atomic E-state index is -0.0899. The third-order valence-corrected chi connectivity index (χ3v) is 3.93. The Balaban J connectivity index is 1.95. The van der Waals surface area contributed by atoms with Gasteiger partial charge in [0.05, 0.1) is 18.8 Å². The predicted octanol–water partition coefficient (Wildman–Crippen LogP) is 4.10. The molecule has 126 valence electrons. The summed E-state index contributed by atoms with van der Waals surface area (Å²) >= 11 is 0. The summed E-state index contributed by atoms with van der Waals surface area (Å²) in [7, 11) is 0. The number of hydrogen-bond donors (Lipinski definition) is 1. The summed E-state index contributed by atoms with van der Waals surface area (Å²) in [5.74, 6) is 1.21. The largest absolute Gasteiger partial charge is 0.494 e. The van der Waals surface area contributed by atoms with Crippen LogP contribution in [0, 0.1) is 0 Å². The molecule has 0 bridgehead atoms. The quantitative estimate of drug-likeness (QED) is 0.734. The highest BCUT2D eigenvalue weighted by Crippen LogP contribution is 2.25. The van der Waals surface area contributed by atoms with Gasteiger partial charge in [0, 0.05) is 12.6 Å². The van der Waals surface area contributed by atoms with E-state index in [0.29, 0.717) is 31.1 Å². The van der Waals surface area contributed by atoms with Crippen molar-refractivity contribution in [2.75, 3.05) is 19.8 Å². The monoisotopic (exact) mass is 317 g/mol. The fourth-order valence-corrected chi connectivity index (χ4v) is 2.79. The predicted molar refractivity (Wildman–Crippen MR) is 92.3 cm³/mol. The second-order valence-corrected chi connectivity index (χ2v) is 5.64. The number of ether oxygens (including phenoxy) is 2. The third kappa shape index (κ3) is 5.31. The number of rotatable bonds is 8. The minimum absolute atomic E-state index is 0.0899. The van der Waals surface area contributed by atoms with Gasteiger partial charge in [-0.3, -0.25) is 4.79 Å². The Labute approximate surface area is 138 Å². The fourth-order valence-electron chi connectivity index (χ4n) is 2.79. The zero-order valence-corrected chi connectivity index (χ0v) is 14.2. The average molecular weight is 317 g/mol. The van der Waals surface area contributed by atoms with Gasteiger partial charge < -0.3 is 14.8 Å². The maximum atomic E-state index is 12.4. The van der Waals surface area contributed by atoms with Crippen molar-refractivity contribution in [3.8, 4) is 11.5 Å². The van der Waals surface area contributed by atoms with Crippen LogP contribution in [0.3, 0.4) is 0 Å². The smallest absolute Gasteiger partial charge is 0.255 e. The van der Waals surface area contributed by atoms with E-state index >= 15 is 0 Å². The highest BCUT2D eigenvalue weighted by molar-refractivity contribution is 5.97. The van der Waals surface area contributed by atoms with E-state index in [2.05, 4.69) is 11.4 Å². The van der Waals surface area contributed by atoms with Crippen LogP contribution in [0.4, 0.5) is 0 Å². The molecule has 2 rings (SSSR count). The van der Waals surface area contributed by atoms with Crippen LogP contribution in [0.1, 0.15) is 56.3 Å². The lowest BCUT2D eigenvalue weighted by atomic mass is 9.97. The minimum Gasteiger partial charge on any atom is -0.494 e. The van der Waals surface area contributed by atoms with Crippen molar-refractivity contribution in [2.45, 2.75) is 46.0 Å². The maximum Gasteiger partial charge on any atom is 0.255 e. The molecule has 1 N–H and O–H groups in total. The molecule has 1 aliphatic carbocycles. The lowest BCUT2D eigenvalue weighted by molar-refractivity contribution is 0.0950. The lowest BCUT2D eigenvalue weighted by Gasteiger charge is -2.14. The van der Waals surface area contributed by atoms with Crippen LogP contribution < -0.4 is 14.8 Å². The Morgan fingerprint density at radius 3 is 2.70 bits per heavy atom. The molecule has 1 aromatic carbocycles. The van der Waals surface area contributed by atoms with E-state index in [9.17, 15) is 4.79 Å². The van der Waals surface area contributed by atoms with Crippen LogP contribution in [0.5, 0.6) is 11.5 Å². The molecule has 1 aliphatic rings. The van der Waals surface area contributed by atoms with Crippen LogP contribution in [-0.2, 0) is 0 Å². The van der Waals surface area contributed by atoms with E-state index < -0.39 is 0 Å². The van der Waals surface area contributed by atoms with Crippen molar-refractivity contribution >= 4 is 5.91 Å². The number of allylic oxidation sites excluding steroid dienone is 1. The molecule has 4 nitrogen and oxygen atoms in total. The molecular weight excluding hydrogens is 290 g/mol. The van der Waals surface area contributed by atoms with Crippen LogP contribution in [-0.4, -0.2) is 25.7 Å². The van der Waals surface area contributed by atoms with Crippen LogP contribution >= 0.6 is 0 Å². The van der Waals surface area contributed by atoms with Gasteiger partial charge in [-0.1, -0.05) is 11.6 Å². The number of carbonyl (C=O) groups excluding carboxylic acids is 1. The topological polar surface area (TPSA) is 47.6 Å². The Bertz CT molecular complexity index is 552. The number of nitrogens with one attached hydrogen (secondary N) is 1. The van der Waals surface area contributed by atoms with Gasteiger partial charge in [-0.15, -0.1) is 0 Å². The molecule has 23 heavy (non-hydrogen) atoms. The van der Waals surface area contributed by atoms with Crippen LogP contribution in [0.25, 0.3) is 0 Å². The van der Waals surface area contributed by atoms with Crippen molar-refractivity contribution < 1.29 is 14.3 Å². The Hall–Kier alpha value is -1.97. The van der Waals surface area contributed by atoms with E-state index in [0.717, 1.165) is 12.2 Å². The second kappa shape index (κ2) is 9.23. The molecule has 0 aliphatic heterocycles. The average Bonchev–Trinajstić information content (AvgIpc) is 2.56. The standard InChI is InChI=1S/C19H27NO3/c1-3-22-16-10-11-17(18(14-16)23-4-2)19(21)20-13-12-15-8-6-5-7-9-15/h8,10-11,14H,3-7,9,12-13H2,1-2H3,(H,20,21). The SMILES string of the molecule is CCOc1ccc(C(=O)NCCC2=CCCCC2)c(OCC)c1. The Morgan fingerprint density at radius 1 is 1.17 bits per heavy atom. The molecule has 0 unspecified atom stereocenters. The Morgan fingerprint density at radius 2 is 2.00 bits per heavy atom. The molecule has 0 radical (unpaired) electrons. The van der Waals surface area contributed by atoms with Gasteiger partial charge in [0.2, 0.25) is 0 Å². The zero-order chi connectivity index (χ0) is 16.5. The first-order valence-corrected chi connectivity index (χ1v) is 8.60. The van der Waals surface area contributed by atoms with Gasteiger partial charge in [0.1, 0.15) is 11.5 Å². The summed E-state index contributed by atoms with van der Waals surface area (Å²) in [6, 6.07) is 5.36. The molecular formula is C19H27NO3. The molecule has 0 atom stereocenters. The van der Waals surface area contributed by atoms with E-state index in [1.165, 1.54) is 31.3 Å². The highest BCUT2D eigenvalue weighted by atomic mass is 16.5. The second-order valence-electron chi connectivity index (χ2n) is 5.64. The van der Waals surface area contributed by atoms with Crippen molar-refractivity contribution in [1.29, 1.82) is 0 Å². The molecule has 0 fully saturated rings. The molecule has 0 aromatic heterocycles. The Kier molecular flexibility index (Phi) is 6.98. The van der Waals surface area contributed by atoms with Gasteiger partial charge in [-0.2, -0.15) is 0 Å². The van der Waals surface area contributed by atoms with E-state index in [1.807, 2.05) is 19.9 Å². The van der Waals surface area contributed by atoms with E-state index in [1.54, 1.807) is 12.1 Å². The van der Waals surface area contributed by atoms with Gasteiger partial charge in [0.15, 0.2) is 0 Å². The molecule has 1 amide bonds. The van der Waals surface area contributed by atoms with Crippen molar-refractivity contribution in [3.05, 3.63) is 35.4 Å². The fraction of sp³-hybridized carbons (Fsp3) is 0.526. The summed E-state index contributed by atoms with van der Waals surface area (Å²) in [6.07, 6.45) is 8.16. The normalized spacial score (nSPS) is 14.1. The summed E-state index contributed by atoms with van der Waals surface area (Å²) in [4.78, 5) is 12.4. The summed E-state index contributed by atoms with van der Waals surface area (Å²) in [5, 5.41) is 3.00. The van der Waals surface area contributed by atoms with Gasteiger partial charge >= 0.3 is 0 Å². The molecule has 0 spiro atoms. The number of benzene rings is 1. The van der Waals surface area contributed by atoms with Gasteiger partial charge in [-0.25, -0.2) is 0 Å². The molecule has 4 heteroatoms. The first kappa shape index (κ1) is 17.4. The summed E-state index contributed by atoms with van der Waals surface area (Å²) in [5.41, 5.74) is 2.03. The van der Waals surface area contributed by atoms with E-state index in [-0.39, 0.29) is 5.91 Å². The molecule has 0 heterocycles. The van der Waals surface area contributed by atoms with Gasteiger partial charge in [0.25, 0.3) is 5.91 Å². The number of amides is 1. The first-order valence-electron chi connectivity index (χ1n) is 8.60. The summed E-state index contributed by atoms with van der Waals surface area (Å²) < 4.78 is 11.1. The van der Waals surface area contributed by atoms with Crippen LogP contribution in [0.2, 0.25) is 0 Å². The third-order valence-electron chi connectivity index (χ3n) is 3.93. The van der Waals surface area contributed by atoms with Crippen molar-refractivity contribution in [2.24, 2.45) is 0 Å². The highest BCUT2D eigenvalue weighted by Gasteiger charge is 2.14. The van der Waals surface area contributed by atoms with E-state index in [4.69, 9.17) is 9.47 Å². The number of carbonyl (C=O) groups is 1. The zero-order valence-electron chi connectivity index (χ0n) is 14.2. The maximum absolute atomic E-state index is 12.4. The van der Waals surface area contributed by atoms with Crippen molar-refractivity contribution in [1.82, 2.24) is 5.32 Å². The van der Waals surface area contributed by atoms with Gasteiger partial charge in [-0.05, 0) is 58.1 Å². The molecule has 0 saturated carbocycles. The number of hydrogen-bond acceptors (Lipinski definition) is 3. The molecule has 1 aromatic rings. The summed E-state index contributed by atoms with van der Waals surface area (Å²) in [6.45, 7) is 5.61. The first-order chi connectivity index (χ1) is 11.2. The van der Waals surface area contributed by atoms with Crippen molar-refractivity contribution in [3.63, 3.8) is 0 Å². The lowest BCUT2D eigenvalue weighted by Crippen LogP contribution is -2.25. The van der Waals surface area contributed by atoms with Crippen LogP contribution in [0.15, 0.2) is 29.8 Å². The molecule has 0 saturated heterocycles.